The predicted octanol–water partition coefficient (Wildman–Crippen LogP) is 12.6. The number of aromatic nitrogens is 2. The summed E-state index contributed by atoms with van der Waals surface area (Å²) in [5.41, 5.74) is 49.8. The molecule has 15 N–H and O–H groups in total. The van der Waals surface area contributed by atoms with Crippen molar-refractivity contribution in [3.63, 3.8) is 0 Å². The number of pyridine rings is 1. The summed E-state index contributed by atoms with van der Waals surface area (Å²) in [5, 5.41) is 1.72. The Balaban J connectivity index is 0.000000252. The van der Waals surface area contributed by atoms with Crippen LogP contribution in [0.15, 0.2) is 213 Å². The van der Waals surface area contributed by atoms with E-state index < -0.39 is 0 Å². The molecule has 0 saturated carbocycles. The number of rotatable bonds is 1. The number of fused-ring (bicyclic) bond motifs is 1. The number of H-pyrrole nitrogens is 1. The lowest BCUT2D eigenvalue weighted by atomic mass is 10.2. The maximum atomic E-state index is 5.68. The van der Waals surface area contributed by atoms with Crippen molar-refractivity contribution < 1.29 is 0 Å². The van der Waals surface area contributed by atoms with Crippen LogP contribution in [0.2, 0.25) is 5.02 Å². The normalized spacial score (nSPS) is 9.20. The van der Waals surface area contributed by atoms with Crippen LogP contribution in [0, 0.1) is 20.8 Å². The summed E-state index contributed by atoms with van der Waals surface area (Å²) < 4.78 is 0. The summed E-state index contributed by atoms with van der Waals surface area (Å²) in [7, 11) is 0. The molecule has 0 amide bonds. The fraction of sp³-hybridized carbons (Fsp3) is 0.0926. The zero-order chi connectivity index (χ0) is 47.0. The van der Waals surface area contributed by atoms with Gasteiger partial charge in [0.1, 0.15) is 0 Å². The van der Waals surface area contributed by atoms with Gasteiger partial charge in [-0.05, 0) is 140 Å². The second-order valence-corrected chi connectivity index (χ2v) is 14.5. The van der Waals surface area contributed by atoms with Crippen LogP contribution in [0.5, 0.6) is 0 Å². The van der Waals surface area contributed by atoms with Crippen LogP contribution in [0.25, 0.3) is 10.9 Å². The number of nitrogen functional groups attached to an aromatic ring is 7. The van der Waals surface area contributed by atoms with E-state index in [9.17, 15) is 0 Å². The number of nitrogens with one attached hydrogen (secondary N) is 1. The van der Waals surface area contributed by atoms with Crippen LogP contribution in [-0.4, -0.2) is 9.97 Å². The van der Waals surface area contributed by atoms with Crippen LogP contribution < -0.4 is 40.1 Å². The van der Waals surface area contributed by atoms with Gasteiger partial charge in [-0.2, -0.15) is 0 Å². The molecule has 0 spiro atoms. The number of anilines is 7. The Bertz CT molecular complexity index is 2350. The molecular weight excluding hydrogens is 810 g/mol. The molecule has 0 bridgehead atoms. The highest BCUT2D eigenvalue weighted by molar-refractivity contribution is 6.33. The van der Waals surface area contributed by atoms with Crippen molar-refractivity contribution in [2.45, 2.75) is 34.1 Å². The third-order valence-corrected chi connectivity index (χ3v) is 8.74. The first-order valence-corrected chi connectivity index (χ1v) is 20.9. The number of nitrogens with zero attached hydrogens (tertiary/aromatic N) is 1. The molecule has 0 aliphatic rings. The van der Waals surface area contributed by atoms with Gasteiger partial charge < -0.3 is 45.1 Å². The summed E-state index contributed by atoms with van der Waals surface area (Å²) in [6.45, 7) is 8.23. The molecule has 7 aromatic carbocycles. The van der Waals surface area contributed by atoms with E-state index >= 15 is 0 Å². The first-order valence-electron chi connectivity index (χ1n) is 20.5. The van der Waals surface area contributed by atoms with Crippen LogP contribution in [0.3, 0.4) is 0 Å². The highest BCUT2D eigenvalue weighted by Gasteiger charge is 1.94. The third-order valence-electron chi connectivity index (χ3n) is 8.40. The molecule has 0 aliphatic heterocycles. The van der Waals surface area contributed by atoms with Gasteiger partial charge in [0.05, 0.1) is 16.4 Å². The van der Waals surface area contributed by atoms with Gasteiger partial charge in [0.15, 0.2) is 0 Å². The number of aryl methyl sites for hydroxylation is 4. The zero-order valence-electron chi connectivity index (χ0n) is 37.3. The fourth-order valence-electron chi connectivity index (χ4n) is 5.14. The van der Waals surface area contributed by atoms with Crippen LogP contribution in [0.1, 0.15) is 29.2 Å². The van der Waals surface area contributed by atoms with Gasteiger partial charge in [-0.3, -0.25) is 4.98 Å². The number of nitrogens with two attached hydrogens (primary N) is 7. The molecule has 9 rings (SSSR count). The number of halogens is 1. The Kier molecular flexibility index (Phi) is 25.3. The van der Waals surface area contributed by atoms with Crippen molar-refractivity contribution in [3.8, 4) is 0 Å². The lowest BCUT2D eigenvalue weighted by molar-refractivity contribution is 1.14. The average Bonchev–Trinajstić information content (AvgIpc) is 3.78. The van der Waals surface area contributed by atoms with Crippen molar-refractivity contribution >= 4 is 62.3 Å². The van der Waals surface area contributed by atoms with E-state index in [1.165, 1.54) is 22.3 Å². The van der Waals surface area contributed by atoms with Crippen LogP contribution in [0.4, 0.5) is 39.8 Å². The van der Waals surface area contributed by atoms with Gasteiger partial charge in [-0.1, -0.05) is 122 Å². The fourth-order valence-corrected chi connectivity index (χ4v) is 5.27. The standard InChI is InChI=1S/C8H8N2.C8H10.3C7H9N.C6H6ClN.C6H7N.C5H6N2/c9-7-2-1-3-8-6(7)4-5-10-8;1-2-8-6-4-3-5-7-8;3*1-6-3-2-4-7(8)5-6;7-5-3-1-2-4-6(5)8;7-6-4-2-1-3-5-6;6-5-2-1-3-7-4-5/h1-5,10H,9H2;3-7H,2H2,1H3;3*2-5H,8H2,1H3;1-4H,8H2;1-5H,7H2;1-4H,6H2. The Morgan fingerprint density at radius 1 is 0.438 bits per heavy atom. The van der Waals surface area contributed by atoms with Crippen molar-refractivity contribution in [3.05, 3.63) is 240 Å². The minimum absolute atomic E-state index is 0.618. The lowest BCUT2D eigenvalue weighted by Crippen LogP contribution is -1.82. The van der Waals surface area contributed by atoms with E-state index in [-0.39, 0.29) is 0 Å². The van der Waals surface area contributed by atoms with Gasteiger partial charge in [-0.25, -0.2) is 0 Å². The maximum absolute atomic E-state index is 5.68. The second kappa shape index (κ2) is 31.0. The van der Waals surface area contributed by atoms with Crippen molar-refractivity contribution in [2.24, 2.45) is 0 Å². The van der Waals surface area contributed by atoms with Crippen molar-refractivity contribution in [1.29, 1.82) is 0 Å². The SMILES string of the molecule is CCc1ccccc1.Cc1cccc(N)c1.Cc1cccc(N)c1.Cc1cccc(N)c1.Nc1cccc2[nH]ccc12.Nc1ccccc1.Nc1ccccc1Cl.Nc1cccnc1. The van der Waals surface area contributed by atoms with E-state index in [4.69, 9.17) is 51.7 Å². The summed E-state index contributed by atoms with van der Waals surface area (Å²) in [4.78, 5) is 6.84. The van der Waals surface area contributed by atoms with E-state index in [0.29, 0.717) is 16.4 Å². The number of hydrogen-bond acceptors (Lipinski definition) is 8. The molecule has 332 valence electrons. The molecule has 0 aliphatic carbocycles. The number of aromatic amines is 1. The first kappa shape index (κ1) is 52.3. The Hall–Kier alpha value is -7.88. The quantitative estimate of drug-likeness (QED) is 0.0742. The topological polar surface area (TPSA) is 211 Å². The smallest absolute Gasteiger partial charge is 0.0635 e. The summed E-state index contributed by atoms with van der Waals surface area (Å²) in [6.07, 6.45) is 6.33. The number of para-hydroxylation sites is 2. The molecule has 0 saturated heterocycles. The van der Waals surface area contributed by atoms with Gasteiger partial charge in [0.25, 0.3) is 0 Å². The number of hydrogen-bond donors (Lipinski definition) is 8. The lowest BCUT2D eigenvalue weighted by Gasteiger charge is -1.92. The molecule has 0 radical (unpaired) electrons. The van der Waals surface area contributed by atoms with Crippen LogP contribution in [-0.2, 0) is 6.42 Å². The molecule has 9 aromatic rings. The molecule has 0 atom stereocenters. The van der Waals surface area contributed by atoms with Gasteiger partial charge in [-0.15, -0.1) is 0 Å². The van der Waals surface area contributed by atoms with E-state index in [2.05, 4.69) is 41.2 Å². The number of benzene rings is 7. The molecule has 2 heterocycles. The summed E-state index contributed by atoms with van der Waals surface area (Å²) in [6, 6.07) is 62.0. The monoisotopic (exact) mass is 873 g/mol. The maximum Gasteiger partial charge on any atom is 0.0635 e. The zero-order valence-corrected chi connectivity index (χ0v) is 38.0. The van der Waals surface area contributed by atoms with Crippen LogP contribution >= 0.6 is 11.6 Å². The molecule has 2 aromatic heterocycles. The predicted molar refractivity (Wildman–Crippen MR) is 281 cm³/mol. The van der Waals surface area contributed by atoms with Gasteiger partial charge in [0.2, 0.25) is 0 Å². The molecule has 0 unspecified atom stereocenters. The molecular formula is C54H64ClN9. The van der Waals surface area contributed by atoms with Crippen molar-refractivity contribution in [1.82, 2.24) is 9.97 Å². The molecule has 64 heavy (non-hydrogen) atoms. The van der Waals surface area contributed by atoms with E-state index in [1.807, 2.05) is 173 Å². The van der Waals surface area contributed by atoms with Gasteiger partial charge >= 0.3 is 0 Å². The van der Waals surface area contributed by atoms with E-state index in [1.54, 1.807) is 36.7 Å². The Labute approximate surface area is 384 Å². The highest BCUT2D eigenvalue weighted by atomic mass is 35.5. The minimum Gasteiger partial charge on any atom is -0.399 e. The summed E-state index contributed by atoms with van der Waals surface area (Å²) >= 11 is 5.58. The van der Waals surface area contributed by atoms with Crippen molar-refractivity contribution in [2.75, 3.05) is 40.1 Å². The highest BCUT2D eigenvalue weighted by Crippen LogP contribution is 2.18. The minimum atomic E-state index is 0.618. The van der Waals surface area contributed by atoms with E-state index in [0.717, 1.165) is 45.8 Å². The third kappa shape index (κ3) is 24.4. The summed E-state index contributed by atoms with van der Waals surface area (Å²) in [5.74, 6) is 0. The molecule has 10 heteroatoms. The van der Waals surface area contributed by atoms with Gasteiger partial charge in [0, 0.05) is 57.9 Å². The Morgan fingerprint density at radius 3 is 1.19 bits per heavy atom. The largest absolute Gasteiger partial charge is 0.399 e. The Morgan fingerprint density at radius 2 is 0.875 bits per heavy atom. The molecule has 9 nitrogen and oxygen atoms in total. The second-order valence-electron chi connectivity index (χ2n) is 14.1. The first-order chi connectivity index (χ1) is 30.8. The molecule has 0 fully saturated rings. The average molecular weight is 875 g/mol.